The Kier molecular flexibility index (Phi) is 3.25. The molecule has 2 aromatic carbocycles. The number of amides is 1. The Hall–Kier alpha value is -2.61. The summed E-state index contributed by atoms with van der Waals surface area (Å²) in [5.41, 5.74) is 3.97. The summed E-state index contributed by atoms with van der Waals surface area (Å²) < 4.78 is 8.98. The number of aromatic nitrogens is 1. The molecular weight excluding hydrogens is 418 g/mol. The van der Waals surface area contributed by atoms with Gasteiger partial charge >= 0.3 is 0 Å². The monoisotopic (exact) mass is 445 g/mol. The van der Waals surface area contributed by atoms with Crippen molar-refractivity contribution >= 4 is 33.4 Å². The number of nitrogens with zero attached hydrogens (tertiary/aromatic N) is 2. The van der Waals surface area contributed by atoms with Crippen LogP contribution < -0.4 is 10.2 Å². The standard InChI is InChI=1S/C26H27N3O4/c1-25-26(32,12-30)10-18(33-25)28-16-8-4-2-6-13(16)20-21-15(11-27-24(21)31)19-14-7-3-5-9-17(14)29(25)23(19)22(20)28/h2,4,6,8,14,17-18,30,32H,3,5,7,9-12H2,1H3,(H,27,31)/t14?,17?,18-,25+,26+/m1/s1. The molecule has 3 N–H and O–H groups in total. The number of anilines is 1. The van der Waals surface area contributed by atoms with Gasteiger partial charge in [0.05, 0.1) is 28.9 Å². The summed E-state index contributed by atoms with van der Waals surface area (Å²) >= 11 is 0. The highest BCUT2D eigenvalue weighted by Gasteiger charge is 2.66. The van der Waals surface area contributed by atoms with Crippen LogP contribution in [-0.4, -0.2) is 44.7 Å². The van der Waals surface area contributed by atoms with Crippen molar-refractivity contribution in [1.29, 1.82) is 0 Å². The third-order valence-corrected chi connectivity index (χ3v) is 9.34. The van der Waals surface area contributed by atoms with Crippen molar-refractivity contribution in [2.24, 2.45) is 0 Å². The third kappa shape index (κ3) is 1.88. The zero-order valence-corrected chi connectivity index (χ0v) is 18.6. The van der Waals surface area contributed by atoms with E-state index in [0.29, 0.717) is 18.9 Å². The molecule has 8 rings (SSSR count). The lowest BCUT2D eigenvalue weighted by molar-refractivity contribution is -0.148. The number of rotatable bonds is 1. The van der Waals surface area contributed by atoms with Gasteiger partial charge < -0.3 is 29.7 Å². The molecule has 33 heavy (non-hydrogen) atoms. The lowest BCUT2D eigenvalue weighted by Gasteiger charge is -2.48. The molecule has 7 nitrogen and oxygen atoms in total. The fraction of sp³-hybridized carbons (Fsp3) is 0.500. The average Bonchev–Trinajstić information content (AvgIpc) is 3.51. The summed E-state index contributed by atoms with van der Waals surface area (Å²) in [7, 11) is 0. The number of para-hydroxylation sites is 1. The van der Waals surface area contributed by atoms with E-state index in [-0.39, 0.29) is 18.6 Å². The van der Waals surface area contributed by atoms with Gasteiger partial charge in [0.25, 0.3) is 5.91 Å². The van der Waals surface area contributed by atoms with E-state index in [4.69, 9.17) is 4.74 Å². The van der Waals surface area contributed by atoms with Gasteiger partial charge in [-0.15, -0.1) is 0 Å². The van der Waals surface area contributed by atoms with E-state index in [0.717, 1.165) is 64.3 Å². The number of carbonyl (C=O) groups excluding carboxylic acids is 1. The molecule has 5 aliphatic rings. The topological polar surface area (TPSA) is 87.0 Å². The van der Waals surface area contributed by atoms with Crippen LogP contribution in [0.4, 0.5) is 5.69 Å². The summed E-state index contributed by atoms with van der Waals surface area (Å²) in [4.78, 5) is 15.5. The number of aliphatic hydroxyl groups is 2. The van der Waals surface area contributed by atoms with E-state index >= 15 is 0 Å². The predicted octanol–water partition coefficient (Wildman–Crippen LogP) is 3.26. The van der Waals surface area contributed by atoms with E-state index in [1.807, 2.05) is 19.1 Å². The molecule has 1 saturated carbocycles. The number of fused-ring (bicyclic) bond motifs is 13. The van der Waals surface area contributed by atoms with E-state index in [1.54, 1.807) is 0 Å². The molecule has 4 aliphatic heterocycles. The first-order valence-corrected chi connectivity index (χ1v) is 12.2. The lowest BCUT2D eigenvalue weighted by Crippen LogP contribution is -2.64. The fourth-order valence-electron chi connectivity index (χ4n) is 7.92. The predicted molar refractivity (Wildman–Crippen MR) is 123 cm³/mol. The van der Waals surface area contributed by atoms with Crippen molar-refractivity contribution in [2.45, 2.75) is 75.1 Å². The Morgan fingerprint density at radius 1 is 1.24 bits per heavy atom. The summed E-state index contributed by atoms with van der Waals surface area (Å²) in [5, 5.41) is 27.4. The second-order valence-corrected chi connectivity index (χ2v) is 10.7. The van der Waals surface area contributed by atoms with Gasteiger partial charge in [-0.3, -0.25) is 4.79 Å². The maximum absolute atomic E-state index is 13.2. The Labute approximate surface area is 190 Å². The molecule has 1 aliphatic carbocycles. The van der Waals surface area contributed by atoms with Crippen LogP contribution in [-0.2, 0) is 11.3 Å². The molecule has 0 spiro atoms. The van der Waals surface area contributed by atoms with Gasteiger partial charge in [-0.05, 0) is 37.0 Å². The molecule has 7 heteroatoms. The molecule has 5 heterocycles. The number of nitrogens with one attached hydrogen (secondary N) is 1. The van der Waals surface area contributed by atoms with Gasteiger partial charge in [0.1, 0.15) is 11.8 Å². The van der Waals surface area contributed by atoms with Crippen molar-refractivity contribution in [3.05, 3.63) is 41.0 Å². The van der Waals surface area contributed by atoms with Gasteiger partial charge in [0, 0.05) is 35.7 Å². The van der Waals surface area contributed by atoms with Gasteiger partial charge in [0.2, 0.25) is 0 Å². The molecule has 2 unspecified atom stereocenters. The summed E-state index contributed by atoms with van der Waals surface area (Å²) in [6.45, 7) is 2.15. The third-order valence-electron chi connectivity index (χ3n) is 9.34. The number of ether oxygens (including phenoxy) is 1. The number of hydrogen-bond acceptors (Lipinski definition) is 5. The average molecular weight is 446 g/mol. The normalized spacial score (nSPS) is 35.8. The molecule has 1 saturated heterocycles. The van der Waals surface area contributed by atoms with Crippen LogP contribution in [0, 0.1) is 0 Å². The summed E-state index contributed by atoms with van der Waals surface area (Å²) in [5.74, 6) is 0.307. The molecule has 170 valence electrons. The molecule has 1 amide bonds. The molecule has 0 radical (unpaired) electrons. The second kappa shape index (κ2) is 5.71. The minimum absolute atomic E-state index is 0.00918. The first-order chi connectivity index (χ1) is 16.0. The summed E-state index contributed by atoms with van der Waals surface area (Å²) in [6, 6.07) is 8.39. The zero-order valence-electron chi connectivity index (χ0n) is 18.6. The van der Waals surface area contributed by atoms with E-state index < -0.39 is 17.6 Å². The largest absolute Gasteiger partial charge is 0.393 e. The van der Waals surface area contributed by atoms with Crippen LogP contribution in [0.15, 0.2) is 24.3 Å². The maximum Gasteiger partial charge on any atom is 0.252 e. The van der Waals surface area contributed by atoms with Gasteiger partial charge in [-0.1, -0.05) is 31.0 Å². The van der Waals surface area contributed by atoms with Crippen LogP contribution in [0.5, 0.6) is 0 Å². The quantitative estimate of drug-likeness (QED) is 0.535. The van der Waals surface area contributed by atoms with Crippen LogP contribution in [0.2, 0.25) is 0 Å². The van der Waals surface area contributed by atoms with Crippen molar-refractivity contribution in [3.8, 4) is 0 Å². The van der Waals surface area contributed by atoms with Gasteiger partial charge in [-0.2, -0.15) is 0 Å². The molecule has 1 aromatic heterocycles. The number of carbonyl (C=O) groups is 1. The SMILES string of the molecule is C[C@]12O[C@H](C[C@]1(O)CO)n1c3ccccc3c3c4c(c5c(c31)N2C1CCCCC51)CNC4=O. The smallest absolute Gasteiger partial charge is 0.252 e. The van der Waals surface area contributed by atoms with Crippen molar-refractivity contribution in [2.75, 3.05) is 11.5 Å². The Bertz CT molecular complexity index is 1410. The molecule has 2 bridgehead atoms. The van der Waals surface area contributed by atoms with Crippen molar-refractivity contribution in [3.63, 3.8) is 0 Å². The molecular formula is C26H27N3O4. The first-order valence-electron chi connectivity index (χ1n) is 12.2. The highest BCUT2D eigenvalue weighted by atomic mass is 16.6. The van der Waals surface area contributed by atoms with Crippen LogP contribution in [0.25, 0.3) is 21.8 Å². The van der Waals surface area contributed by atoms with E-state index in [1.165, 1.54) is 5.56 Å². The Morgan fingerprint density at radius 3 is 2.91 bits per heavy atom. The van der Waals surface area contributed by atoms with Crippen LogP contribution >= 0.6 is 0 Å². The van der Waals surface area contributed by atoms with Crippen molar-refractivity contribution < 1.29 is 19.7 Å². The fourth-order valence-corrected chi connectivity index (χ4v) is 7.92. The number of benzene rings is 2. The first kappa shape index (κ1) is 18.8. The Morgan fingerprint density at radius 2 is 2.06 bits per heavy atom. The molecule has 2 fully saturated rings. The molecule has 5 atom stereocenters. The van der Waals surface area contributed by atoms with Gasteiger partial charge in [0.15, 0.2) is 5.72 Å². The Balaban J connectivity index is 1.62. The highest BCUT2D eigenvalue weighted by molar-refractivity contribution is 6.24. The van der Waals surface area contributed by atoms with Crippen LogP contribution in [0.3, 0.4) is 0 Å². The van der Waals surface area contributed by atoms with E-state index in [9.17, 15) is 15.0 Å². The maximum atomic E-state index is 13.2. The van der Waals surface area contributed by atoms with Crippen LogP contribution in [0.1, 0.15) is 72.7 Å². The van der Waals surface area contributed by atoms with Crippen molar-refractivity contribution in [1.82, 2.24) is 9.88 Å². The minimum Gasteiger partial charge on any atom is -0.393 e. The highest BCUT2D eigenvalue weighted by Crippen LogP contribution is 2.63. The zero-order chi connectivity index (χ0) is 22.3. The second-order valence-electron chi connectivity index (χ2n) is 10.7. The summed E-state index contributed by atoms with van der Waals surface area (Å²) in [6.07, 6.45) is 4.26. The minimum atomic E-state index is -1.39. The van der Waals surface area contributed by atoms with Gasteiger partial charge in [-0.25, -0.2) is 0 Å². The van der Waals surface area contributed by atoms with E-state index in [2.05, 4.69) is 26.9 Å². The molecule has 3 aromatic rings. The number of aliphatic hydroxyl groups excluding tert-OH is 1. The number of hydrogen-bond donors (Lipinski definition) is 3. The lowest BCUT2D eigenvalue weighted by atomic mass is 9.79.